The van der Waals surface area contributed by atoms with Gasteiger partial charge in [0.05, 0.1) is 29.2 Å². The van der Waals surface area contributed by atoms with Gasteiger partial charge in [0.1, 0.15) is 6.10 Å². The molecule has 1 aromatic carbocycles. The summed E-state index contributed by atoms with van der Waals surface area (Å²) in [6.07, 6.45) is 4.09. The molecule has 0 spiro atoms. The first kappa shape index (κ1) is 22.4. The first-order valence-corrected chi connectivity index (χ1v) is 11.4. The van der Waals surface area contributed by atoms with Gasteiger partial charge in [-0.05, 0) is 50.5 Å². The second-order valence-corrected chi connectivity index (χ2v) is 9.14. The molecule has 1 saturated heterocycles. The average Bonchev–Trinajstić information content (AvgIpc) is 2.75. The van der Waals surface area contributed by atoms with Crippen molar-refractivity contribution in [3.05, 3.63) is 59.9 Å². The summed E-state index contributed by atoms with van der Waals surface area (Å²) >= 11 is 0. The summed E-state index contributed by atoms with van der Waals surface area (Å²) in [6, 6.07) is 9.70. The minimum Gasteiger partial charge on any atom is -0.394 e. The molecule has 1 aliphatic heterocycles. The number of rotatable bonds is 8. The van der Waals surface area contributed by atoms with Crippen molar-refractivity contribution in [3.63, 3.8) is 0 Å². The van der Waals surface area contributed by atoms with Crippen molar-refractivity contribution in [1.82, 2.24) is 15.0 Å². The molecule has 0 saturated carbocycles. The molecule has 0 bridgehead atoms. The normalized spacial score (nSPS) is 21.9. The molecule has 2 aromatic rings. The summed E-state index contributed by atoms with van der Waals surface area (Å²) in [7, 11) is -3.57. The predicted molar refractivity (Wildman–Crippen MR) is 111 cm³/mol. The first-order chi connectivity index (χ1) is 14.4. The zero-order valence-corrected chi connectivity index (χ0v) is 17.6. The van der Waals surface area contributed by atoms with E-state index in [1.165, 1.54) is 6.20 Å². The Morgan fingerprint density at radius 1 is 1.23 bits per heavy atom. The lowest BCUT2D eigenvalue weighted by atomic mass is 9.97. The number of aromatic nitrogens is 1. The number of carbonyl (C=O) groups excluding carboxylic acids is 1. The molecule has 2 heterocycles. The van der Waals surface area contributed by atoms with Gasteiger partial charge in [0, 0.05) is 18.9 Å². The van der Waals surface area contributed by atoms with Gasteiger partial charge in [0.25, 0.3) is 5.91 Å². The molecule has 30 heavy (non-hydrogen) atoms. The predicted octanol–water partition coefficient (Wildman–Crippen LogP) is 1.40. The molecule has 1 aliphatic rings. The molecule has 1 aromatic heterocycles. The maximum absolute atomic E-state index is 12.4. The number of pyridine rings is 1. The molecule has 1 amide bonds. The van der Waals surface area contributed by atoms with Crippen LogP contribution >= 0.6 is 0 Å². The van der Waals surface area contributed by atoms with Crippen LogP contribution in [-0.2, 0) is 14.8 Å². The number of benzene rings is 1. The minimum absolute atomic E-state index is 0.200. The second-order valence-electron chi connectivity index (χ2n) is 7.38. The third-order valence-electron chi connectivity index (χ3n) is 5.13. The highest BCUT2D eigenvalue weighted by Gasteiger charge is 2.32. The van der Waals surface area contributed by atoms with Crippen LogP contribution < -0.4 is 10.0 Å². The Morgan fingerprint density at radius 2 is 2.00 bits per heavy atom. The van der Waals surface area contributed by atoms with E-state index < -0.39 is 16.1 Å². The molecule has 9 heteroatoms. The molecule has 3 atom stereocenters. The molecule has 0 aliphatic carbocycles. The van der Waals surface area contributed by atoms with E-state index in [1.54, 1.807) is 42.6 Å². The van der Waals surface area contributed by atoms with E-state index in [4.69, 9.17) is 4.74 Å². The lowest BCUT2D eigenvalue weighted by Gasteiger charge is -2.36. The van der Waals surface area contributed by atoms with Gasteiger partial charge in [-0.3, -0.25) is 9.78 Å². The van der Waals surface area contributed by atoms with Gasteiger partial charge in [0.15, 0.2) is 0 Å². The van der Waals surface area contributed by atoms with Crippen LogP contribution in [0.15, 0.2) is 53.7 Å². The third kappa shape index (κ3) is 5.85. The molecule has 1 fully saturated rings. The Bertz CT molecular complexity index is 935. The molecule has 162 valence electrons. The standard InChI is InChI=1S/C21H27N3O5S/c1-15-4-7-18(8-5-15)30(27,28)23-12-10-17-6-9-19(20(14-25)29-17)24-21(26)16-3-2-11-22-13-16/h2-5,7-8,11,13,17,19-20,23,25H,6,9-10,12,14H2,1H3,(H,24,26)/t17-,19-,20+/m1/s1. The van der Waals surface area contributed by atoms with Crippen molar-refractivity contribution in [3.8, 4) is 0 Å². The molecule has 3 N–H and O–H groups in total. The number of aliphatic hydroxyl groups excluding tert-OH is 1. The van der Waals surface area contributed by atoms with Crippen LogP contribution in [-0.4, -0.2) is 55.8 Å². The van der Waals surface area contributed by atoms with Crippen molar-refractivity contribution in [2.24, 2.45) is 0 Å². The Kier molecular flexibility index (Phi) is 7.54. The number of nitrogens with one attached hydrogen (secondary N) is 2. The number of hydrogen-bond donors (Lipinski definition) is 3. The van der Waals surface area contributed by atoms with Gasteiger partial charge in [0.2, 0.25) is 10.0 Å². The number of sulfonamides is 1. The van der Waals surface area contributed by atoms with Crippen molar-refractivity contribution in [1.29, 1.82) is 0 Å². The number of nitrogens with zero attached hydrogens (tertiary/aromatic N) is 1. The highest BCUT2D eigenvalue weighted by atomic mass is 32.2. The summed E-state index contributed by atoms with van der Waals surface area (Å²) in [5.74, 6) is -0.264. The summed E-state index contributed by atoms with van der Waals surface area (Å²) in [4.78, 5) is 16.5. The third-order valence-corrected chi connectivity index (χ3v) is 6.60. The number of carbonyl (C=O) groups is 1. The molecule has 0 radical (unpaired) electrons. The number of aliphatic hydroxyl groups is 1. The van der Waals surface area contributed by atoms with Gasteiger partial charge in [-0.25, -0.2) is 13.1 Å². The van der Waals surface area contributed by atoms with E-state index in [-0.39, 0.29) is 36.1 Å². The quantitative estimate of drug-likeness (QED) is 0.579. The van der Waals surface area contributed by atoms with Gasteiger partial charge in [-0.2, -0.15) is 0 Å². The Balaban J connectivity index is 1.49. The van der Waals surface area contributed by atoms with E-state index in [1.807, 2.05) is 6.92 Å². The summed E-state index contributed by atoms with van der Waals surface area (Å²) in [6.45, 7) is 1.89. The van der Waals surface area contributed by atoms with Gasteiger partial charge in [-0.15, -0.1) is 0 Å². The van der Waals surface area contributed by atoms with Crippen molar-refractivity contribution in [2.45, 2.75) is 49.3 Å². The molecular weight excluding hydrogens is 406 g/mol. The van der Waals surface area contributed by atoms with E-state index >= 15 is 0 Å². The Labute approximate surface area is 176 Å². The highest BCUT2D eigenvalue weighted by Crippen LogP contribution is 2.22. The molecule has 3 rings (SSSR count). The van der Waals surface area contributed by atoms with Gasteiger partial charge in [-0.1, -0.05) is 17.7 Å². The van der Waals surface area contributed by atoms with E-state index in [2.05, 4.69) is 15.0 Å². The fourth-order valence-corrected chi connectivity index (χ4v) is 4.46. The van der Waals surface area contributed by atoms with Crippen molar-refractivity contribution >= 4 is 15.9 Å². The average molecular weight is 434 g/mol. The number of aryl methyl sites for hydroxylation is 1. The number of amides is 1. The zero-order chi connectivity index (χ0) is 21.6. The lowest BCUT2D eigenvalue weighted by molar-refractivity contribution is -0.0891. The summed E-state index contributed by atoms with van der Waals surface area (Å²) in [5, 5.41) is 12.6. The van der Waals surface area contributed by atoms with Gasteiger partial charge >= 0.3 is 0 Å². The van der Waals surface area contributed by atoms with Crippen molar-refractivity contribution in [2.75, 3.05) is 13.2 Å². The smallest absolute Gasteiger partial charge is 0.253 e. The maximum Gasteiger partial charge on any atom is 0.253 e. The number of hydrogen-bond acceptors (Lipinski definition) is 6. The van der Waals surface area contributed by atoms with Crippen LogP contribution in [0.2, 0.25) is 0 Å². The van der Waals surface area contributed by atoms with E-state index in [9.17, 15) is 18.3 Å². The molecular formula is C21H27N3O5S. The fourth-order valence-electron chi connectivity index (χ4n) is 3.41. The monoisotopic (exact) mass is 433 g/mol. The van der Waals surface area contributed by atoms with Gasteiger partial charge < -0.3 is 15.2 Å². The first-order valence-electron chi connectivity index (χ1n) is 9.92. The SMILES string of the molecule is Cc1ccc(S(=O)(=O)NCC[C@H]2CC[C@@H](NC(=O)c3cccnc3)[C@H](CO)O2)cc1. The lowest BCUT2D eigenvalue weighted by Crippen LogP contribution is -2.51. The second kappa shape index (κ2) is 10.1. The van der Waals surface area contributed by atoms with Crippen LogP contribution in [0.1, 0.15) is 35.2 Å². The summed E-state index contributed by atoms with van der Waals surface area (Å²) < 4.78 is 33.2. The summed E-state index contributed by atoms with van der Waals surface area (Å²) in [5.41, 5.74) is 1.44. The fraction of sp³-hybridized carbons (Fsp3) is 0.429. The zero-order valence-electron chi connectivity index (χ0n) is 16.8. The highest BCUT2D eigenvalue weighted by molar-refractivity contribution is 7.89. The van der Waals surface area contributed by atoms with Crippen LogP contribution in [0.5, 0.6) is 0 Å². The molecule has 0 unspecified atom stereocenters. The van der Waals surface area contributed by atoms with E-state index in [0.29, 0.717) is 24.8 Å². The van der Waals surface area contributed by atoms with Crippen LogP contribution in [0, 0.1) is 6.92 Å². The minimum atomic E-state index is -3.57. The van der Waals surface area contributed by atoms with E-state index in [0.717, 1.165) is 5.56 Å². The Morgan fingerprint density at radius 3 is 2.67 bits per heavy atom. The molecule has 8 nitrogen and oxygen atoms in total. The van der Waals surface area contributed by atoms with Crippen LogP contribution in [0.25, 0.3) is 0 Å². The van der Waals surface area contributed by atoms with Crippen LogP contribution in [0.3, 0.4) is 0 Å². The maximum atomic E-state index is 12.4. The number of ether oxygens (including phenoxy) is 1. The topological polar surface area (TPSA) is 118 Å². The van der Waals surface area contributed by atoms with Crippen molar-refractivity contribution < 1.29 is 23.1 Å². The Hall–Kier alpha value is -2.33. The largest absolute Gasteiger partial charge is 0.394 e. The van der Waals surface area contributed by atoms with Crippen LogP contribution in [0.4, 0.5) is 0 Å².